The molecular formula is C15H23N3O3S. The third-order valence-electron chi connectivity index (χ3n) is 3.30. The van der Waals surface area contributed by atoms with Crippen molar-refractivity contribution in [3.63, 3.8) is 0 Å². The van der Waals surface area contributed by atoms with Gasteiger partial charge in [-0.3, -0.25) is 4.21 Å². The lowest BCUT2D eigenvalue weighted by atomic mass is 10.2. The SMILES string of the molecule is Cc1ccnc([S@](=O)C[C@H]2CCN(C(=O)OC(C)(C)C)C2)n1. The van der Waals surface area contributed by atoms with Crippen molar-refractivity contribution in [3.8, 4) is 0 Å². The van der Waals surface area contributed by atoms with E-state index in [-0.39, 0.29) is 12.0 Å². The summed E-state index contributed by atoms with van der Waals surface area (Å²) in [6, 6.07) is 1.78. The zero-order valence-corrected chi connectivity index (χ0v) is 14.4. The summed E-state index contributed by atoms with van der Waals surface area (Å²) in [5.41, 5.74) is 0.313. The predicted octanol–water partition coefficient (Wildman–Crippen LogP) is 2.15. The fourth-order valence-corrected chi connectivity index (χ4v) is 3.56. The maximum atomic E-state index is 12.3. The van der Waals surface area contributed by atoms with E-state index in [2.05, 4.69) is 9.97 Å². The number of carbonyl (C=O) groups excluding carboxylic acids is 1. The van der Waals surface area contributed by atoms with E-state index in [1.807, 2.05) is 27.7 Å². The molecule has 1 fully saturated rings. The fourth-order valence-electron chi connectivity index (χ4n) is 2.29. The van der Waals surface area contributed by atoms with Crippen molar-refractivity contribution >= 4 is 16.9 Å². The molecule has 1 aliphatic rings. The summed E-state index contributed by atoms with van der Waals surface area (Å²) in [6.45, 7) is 8.62. The molecule has 0 saturated carbocycles. The van der Waals surface area contributed by atoms with Crippen LogP contribution < -0.4 is 0 Å². The molecule has 7 heteroatoms. The number of aryl methyl sites for hydroxylation is 1. The van der Waals surface area contributed by atoms with Gasteiger partial charge in [0.1, 0.15) is 5.60 Å². The molecular weight excluding hydrogens is 302 g/mol. The largest absolute Gasteiger partial charge is 0.444 e. The highest BCUT2D eigenvalue weighted by molar-refractivity contribution is 7.84. The zero-order valence-electron chi connectivity index (χ0n) is 13.5. The van der Waals surface area contributed by atoms with Gasteiger partial charge in [-0.1, -0.05) is 0 Å². The van der Waals surface area contributed by atoms with Crippen LogP contribution in [0.3, 0.4) is 0 Å². The second-order valence-electron chi connectivity index (χ2n) is 6.57. The van der Waals surface area contributed by atoms with Gasteiger partial charge in [-0.05, 0) is 46.1 Å². The first kappa shape index (κ1) is 16.9. The zero-order chi connectivity index (χ0) is 16.3. The molecule has 1 saturated heterocycles. The quantitative estimate of drug-likeness (QED) is 0.796. The maximum absolute atomic E-state index is 12.3. The molecule has 0 aliphatic carbocycles. The summed E-state index contributed by atoms with van der Waals surface area (Å²) in [4.78, 5) is 22.0. The number of carbonyl (C=O) groups is 1. The van der Waals surface area contributed by atoms with Gasteiger partial charge >= 0.3 is 6.09 Å². The highest BCUT2D eigenvalue weighted by atomic mass is 32.2. The average Bonchev–Trinajstić information content (AvgIpc) is 2.85. The summed E-state index contributed by atoms with van der Waals surface area (Å²) in [5, 5.41) is 0.371. The molecule has 2 atom stereocenters. The highest BCUT2D eigenvalue weighted by Crippen LogP contribution is 2.21. The Kier molecular flexibility index (Phi) is 5.16. The smallest absolute Gasteiger partial charge is 0.410 e. The van der Waals surface area contributed by atoms with Gasteiger partial charge in [0.05, 0.1) is 10.8 Å². The van der Waals surface area contributed by atoms with Crippen LogP contribution in [0.5, 0.6) is 0 Å². The van der Waals surface area contributed by atoms with Crippen LogP contribution in [0.25, 0.3) is 0 Å². The van der Waals surface area contributed by atoms with E-state index in [4.69, 9.17) is 4.74 Å². The Bertz CT molecular complexity index is 571. The van der Waals surface area contributed by atoms with Crippen molar-refractivity contribution < 1.29 is 13.7 Å². The maximum Gasteiger partial charge on any atom is 0.410 e. The summed E-state index contributed by atoms with van der Waals surface area (Å²) in [6.07, 6.45) is 2.15. The van der Waals surface area contributed by atoms with Crippen LogP contribution >= 0.6 is 0 Å². The molecule has 1 amide bonds. The number of nitrogens with zero attached hydrogens (tertiary/aromatic N) is 3. The van der Waals surface area contributed by atoms with E-state index < -0.39 is 16.4 Å². The number of likely N-dealkylation sites (tertiary alicyclic amines) is 1. The van der Waals surface area contributed by atoms with Crippen molar-refractivity contribution in [2.24, 2.45) is 5.92 Å². The van der Waals surface area contributed by atoms with Gasteiger partial charge in [0.2, 0.25) is 5.16 Å². The van der Waals surface area contributed by atoms with E-state index in [1.165, 1.54) is 0 Å². The topological polar surface area (TPSA) is 72.4 Å². The van der Waals surface area contributed by atoms with Crippen molar-refractivity contribution in [3.05, 3.63) is 18.0 Å². The second-order valence-corrected chi connectivity index (χ2v) is 7.96. The molecule has 6 nitrogen and oxygen atoms in total. The Morgan fingerprint density at radius 1 is 1.50 bits per heavy atom. The monoisotopic (exact) mass is 325 g/mol. The third kappa shape index (κ3) is 4.76. The van der Waals surface area contributed by atoms with E-state index >= 15 is 0 Å². The Hall–Kier alpha value is -1.50. The first-order valence-electron chi connectivity index (χ1n) is 7.40. The van der Waals surface area contributed by atoms with Crippen LogP contribution in [0, 0.1) is 12.8 Å². The van der Waals surface area contributed by atoms with Crippen LogP contribution in [0.2, 0.25) is 0 Å². The van der Waals surface area contributed by atoms with E-state index in [9.17, 15) is 9.00 Å². The standard InChI is InChI=1S/C15H23N3O3S/c1-11-5-7-16-13(17-11)22(20)10-12-6-8-18(9-12)14(19)21-15(2,3)4/h5,7,12H,6,8-10H2,1-4H3/t12-,22+/m0/s1. The second kappa shape index (κ2) is 6.73. The van der Waals surface area contributed by atoms with Crippen LogP contribution in [0.15, 0.2) is 17.4 Å². The molecule has 2 heterocycles. The third-order valence-corrected chi connectivity index (χ3v) is 4.68. The Balaban J connectivity index is 1.88. The highest BCUT2D eigenvalue weighted by Gasteiger charge is 2.31. The summed E-state index contributed by atoms with van der Waals surface area (Å²) in [7, 11) is -1.23. The number of aromatic nitrogens is 2. The Labute approximate surface area is 133 Å². The Morgan fingerprint density at radius 2 is 2.23 bits per heavy atom. The molecule has 1 aromatic heterocycles. The summed E-state index contributed by atoms with van der Waals surface area (Å²) >= 11 is 0. The van der Waals surface area contributed by atoms with Crippen molar-refractivity contribution in [2.75, 3.05) is 18.8 Å². The number of amides is 1. The van der Waals surface area contributed by atoms with Gasteiger partial charge in [0, 0.05) is 30.7 Å². The lowest BCUT2D eigenvalue weighted by Gasteiger charge is -2.24. The van der Waals surface area contributed by atoms with Gasteiger partial charge in [-0.25, -0.2) is 14.8 Å². The molecule has 2 rings (SSSR count). The van der Waals surface area contributed by atoms with E-state index in [0.29, 0.717) is 24.0 Å². The van der Waals surface area contributed by atoms with Crippen molar-refractivity contribution in [2.45, 2.75) is 44.9 Å². The molecule has 22 heavy (non-hydrogen) atoms. The van der Waals surface area contributed by atoms with Crippen molar-refractivity contribution in [1.29, 1.82) is 0 Å². The number of hydrogen-bond acceptors (Lipinski definition) is 5. The lowest BCUT2D eigenvalue weighted by molar-refractivity contribution is 0.0289. The molecule has 0 spiro atoms. The molecule has 0 N–H and O–H groups in total. The number of hydrogen-bond donors (Lipinski definition) is 0. The summed E-state index contributed by atoms with van der Waals surface area (Å²) < 4.78 is 17.7. The first-order chi connectivity index (χ1) is 10.2. The van der Waals surface area contributed by atoms with Gasteiger partial charge in [0.15, 0.2) is 0 Å². The lowest BCUT2D eigenvalue weighted by Crippen LogP contribution is -2.35. The van der Waals surface area contributed by atoms with Crippen molar-refractivity contribution in [1.82, 2.24) is 14.9 Å². The van der Waals surface area contributed by atoms with Crippen LogP contribution in [-0.2, 0) is 15.5 Å². The minimum absolute atomic E-state index is 0.192. The number of rotatable bonds is 3. The number of ether oxygens (including phenoxy) is 1. The molecule has 0 aromatic carbocycles. The average molecular weight is 325 g/mol. The molecule has 0 bridgehead atoms. The van der Waals surface area contributed by atoms with E-state index in [0.717, 1.165) is 12.1 Å². The Morgan fingerprint density at radius 3 is 2.86 bits per heavy atom. The van der Waals surface area contributed by atoms with Gasteiger partial charge in [-0.15, -0.1) is 0 Å². The molecule has 122 valence electrons. The molecule has 0 unspecified atom stereocenters. The van der Waals surface area contributed by atoms with Crippen LogP contribution in [-0.4, -0.2) is 49.6 Å². The molecule has 1 aliphatic heterocycles. The normalized spacial score (nSPS) is 20.0. The molecule has 0 radical (unpaired) electrons. The first-order valence-corrected chi connectivity index (χ1v) is 8.72. The van der Waals surface area contributed by atoms with E-state index in [1.54, 1.807) is 17.2 Å². The fraction of sp³-hybridized carbons (Fsp3) is 0.667. The predicted molar refractivity (Wildman–Crippen MR) is 84.0 cm³/mol. The minimum atomic E-state index is -1.23. The summed E-state index contributed by atoms with van der Waals surface area (Å²) in [5.74, 6) is 0.667. The van der Waals surface area contributed by atoms with Gasteiger partial charge in [-0.2, -0.15) is 0 Å². The molecule has 1 aromatic rings. The van der Waals surface area contributed by atoms with Crippen LogP contribution in [0.4, 0.5) is 4.79 Å². The minimum Gasteiger partial charge on any atom is -0.444 e. The van der Waals surface area contributed by atoms with Gasteiger partial charge < -0.3 is 9.64 Å². The van der Waals surface area contributed by atoms with Crippen LogP contribution in [0.1, 0.15) is 32.9 Å². The van der Waals surface area contributed by atoms with Gasteiger partial charge in [0.25, 0.3) is 0 Å².